The van der Waals surface area contributed by atoms with E-state index in [0.29, 0.717) is 12.2 Å². The Kier molecular flexibility index (Phi) is 6.66. The maximum atomic E-state index is 12.0. The Balaban J connectivity index is 2.57. The van der Waals surface area contributed by atoms with Gasteiger partial charge in [0.1, 0.15) is 9.88 Å². The summed E-state index contributed by atoms with van der Waals surface area (Å²) < 4.78 is 26.3. The molecule has 0 bridgehead atoms. The summed E-state index contributed by atoms with van der Waals surface area (Å²) in [5.74, 6) is -0.193. The van der Waals surface area contributed by atoms with Gasteiger partial charge in [-0.15, -0.1) is 0 Å². The van der Waals surface area contributed by atoms with Crippen LogP contribution in [0, 0.1) is 0 Å². The molecule has 0 aliphatic rings. The number of carbonyl (C=O) groups is 1. The standard InChI is InChI=1S/C12H18N4O3S2/c1-2-6-14-11(17)5-7-16-21(18,19)9-3-4-10(12(13)20)15-8-9/h3-4,8,16H,2,5-7H2,1H3,(H2,13,20)(H,14,17). The number of hydrogen-bond acceptors (Lipinski definition) is 5. The van der Waals surface area contributed by atoms with Gasteiger partial charge in [0.05, 0.1) is 5.69 Å². The third-order valence-electron chi connectivity index (χ3n) is 2.52. The van der Waals surface area contributed by atoms with Crippen molar-refractivity contribution >= 4 is 33.1 Å². The fourth-order valence-corrected chi connectivity index (χ4v) is 2.52. The lowest BCUT2D eigenvalue weighted by Crippen LogP contribution is -2.31. The summed E-state index contributed by atoms with van der Waals surface area (Å²) in [7, 11) is -3.70. The van der Waals surface area contributed by atoms with Crippen molar-refractivity contribution in [1.82, 2.24) is 15.0 Å². The van der Waals surface area contributed by atoms with Gasteiger partial charge < -0.3 is 11.1 Å². The largest absolute Gasteiger partial charge is 0.388 e. The first kappa shape index (κ1) is 17.5. The van der Waals surface area contributed by atoms with Crippen LogP contribution in [-0.4, -0.2) is 37.4 Å². The molecule has 0 radical (unpaired) electrons. The Morgan fingerprint density at radius 2 is 2.10 bits per heavy atom. The van der Waals surface area contributed by atoms with Crippen molar-refractivity contribution in [2.24, 2.45) is 5.73 Å². The highest BCUT2D eigenvalue weighted by atomic mass is 32.2. The molecule has 1 heterocycles. The number of aromatic nitrogens is 1. The number of nitrogens with zero attached hydrogens (tertiary/aromatic N) is 1. The highest BCUT2D eigenvalue weighted by Gasteiger charge is 2.15. The van der Waals surface area contributed by atoms with Crippen molar-refractivity contribution < 1.29 is 13.2 Å². The van der Waals surface area contributed by atoms with Crippen molar-refractivity contribution in [3.8, 4) is 0 Å². The number of rotatable bonds is 8. The minimum absolute atomic E-state index is 0.00327. The number of sulfonamides is 1. The van der Waals surface area contributed by atoms with Crippen LogP contribution < -0.4 is 15.8 Å². The van der Waals surface area contributed by atoms with Crippen molar-refractivity contribution in [1.29, 1.82) is 0 Å². The van der Waals surface area contributed by atoms with Gasteiger partial charge in [-0.3, -0.25) is 9.78 Å². The second-order valence-electron chi connectivity index (χ2n) is 4.24. The van der Waals surface area contributed by atoms with Crippen LogP contribution in [-0.2, 0) is 14.8 Å². The lowest BCUT2D eigenvalue weighted by atomic mass is 10.3. The zero-order valence-electron chi connectivity index (χ0n) is 11.6. The predicted molar refractivity (Wildman–Crippen MR) is 83.2 cm³/mol. The molecule has 0 aliphatic carbocycles. The van der Waals surface area contributed by atoms with E-state index in [9.17, 15) is 13.2 Å². The molecule has 0 spiro atoms. The average Bonchev–Trinajstić information content (AvgIpc) is 2.45. The second-order valence-corrected chi connectivity index (χ2v) is 6.45. The van der Waals surface area contributed by atoms with Crippen LogP contribution >= 0.6 is 12.2 Å². The molecule has 0 unspecified atom stereocenters. The number of thiocarbonyl (C=S) groups is 1. The molecule has 21 heavy (non-hydrogen) atoms. The summed E-state index contributed by atoms with van der Waals surface area (Å²) in [6.07, 6.45) is 2.09. The van der Waals surface area contributed by atoms with Crippen molar-refractivity contribution in [2.75, 3.05) is 13.1 Å². The van der Waals surface area contributed by atoms with E-state index in [1.807, 2.05) is 6.92 Å². The normalized spacial score (nSPS) is 11.1. The van der Waals surface area contributed by atoms with Crippen LogP contribution in [0.15, 0.2) is 23.2 Å². The summed E-state index contributed by atoms with van der Waals surface area (Å²) in [5.41, 5.74) is 5.74. The third-order valence-corrected chi connectivity index (χ3v) is 4.17. The van der Waals surface area contributed by atoms with Crippen LogP contribution in [0.5, 0.6) is 0 Å². The molecule has 1 rings (SSSR count). The number of nitrogens with one attached hydrogen (secondary N) is 2. The Morgan fingerprint density at radius 3 is 2.62 bits per heavy atom. The smallest absolute Gasteiger partial charge is 0.242 e. The molecule has 0 atom stereocenters. The van der Waals surface area contributed by atoms with Gasteiger partial charge in [-0.1, -0.05) is 19.1 Å². The van der Waals surface area contributed by atoms with Gasteiger partial charge in [-0.05, 0) is 18.6 Å². The van der Waals surface area contributed by atoms with Gasteiger partial charge >= 0.3 is 0 Å². The fraction of sp³-hybridized carbons (Fsp3) is 0.417. The molecule has 1 amide bonds. The lowest BCUT2D eigenvalue weighted by molar-refractivity contribution is -0.120. The van der Waals surface area contributed by atoms with Crippen molar-refractivity contribution in [3.05, 3.63) is 24.0 Å². The van der Waals surface area contributed by atoms with Gasteiger partial charge in [0.15, 0.2) is 0 Å². The van der Waals surface area contributed by atoms with E-state index in [1.165, 1.54) is 18.3 Å². The fourth-order valence-electron chi connectivity index (χ4n) is 1.42. The molecular weight excluding hydrogens is 312 g/mol. The van der Waals surface area contributed by atoms with E-state index in [2.05, 4.69) is 15.0 Å². The monoisotopic (exact) mass is 330 g/mol. The summed E-state index contributed by atoms with van der Waals surface area (Å²) in [6.45, 7) is 2.54. The highest BCUT2D eigenvalue weighted by molar-refractivity contribution is 7.89. The second kappa shape index (κ2) is 8.01. The molecule has 0 saturated carbocycles. The van der Waals surface area contributed by atoms with Gasteiger partial charge in [0.25, 0.3) is 0 Å². The van der Waals surface area contributed by atoms with Crippen LogP contribution in [0.4, 0.5) is 0 Å². The maximum Gasteiger partial charge on any atom is 0.242 e. The number of nitrogens with two attached hydrogens (primary N) is 1. The summed E-state index contributed by atoms with van der Waals surface area (Å²) in [4.78, 5) is 15.3. The molecule has 1 aromatic rings. The van der Waals surface area contributed by atoms with Crippen LogP contribution in [0.25, 0.3) is 0 Å². The summed E-state index contributed by atoms with van der Waals surface area (Å²) in [5, 5.41) is 2.66. The van der Waals surface area contributed by atoms with Crippen molar-refractivity contribution in [2.45, 2.75) is 24.7 Å². The van der Waals surface area contributed by atoms with Crippen LogP contribution in [0.2, 0.25) is 0 Å². The van der Waals surface area contributed by atoms with E-state index in [-0.39, 0.29) is 28.8 Å². The molecule has 0 fully saturated rings. The van der Waals surface area contributed by atoms with Gasteiger partial charge in [0, 0.05) is 25.7 Å². The SMILES string of the molecule is CCCNC(=O)CCNS(=O)(=O)c1ccc(C(N)=S)nc1. The predicted octanol–water partition coefficient (Wildman–Crippen LogP) is -0.0896. The first-order valence-electron chi connectivity index (χ1n) is 6.39. The zero-order chi connectivity index (χ0) is 15.9. The molecule has 0 aromatic carbocycles. The molecule has 9 heteroatoms. The number of hydrogen-bond donors (Lipinski definition) is 3. The average molecular weight is 330 g/mol. The molecule has 4 N–H and O–H groups in total. The van der Waals surface area contributed by atoms with Crippen LogP contribution in [0.1, 0.15) is 25.5 Å². The summed E-state index contributed by atoms with van der Waals surface area (Å²) >= 11 is 4.74. The Labute approximate surface area is 129 Å². The number of carbonyl (C=O) groups excluding carboxylic acids is 1. The number of amides is 1. The first-order chi connectivity index (χ1) is 9.86. The van der Waals surface area contributed by atoms with E-state index >= 15 is 0 Å². The Hall–Kier alpha value is -1.58. The molecular formula is C12H18N4O3S2. The van der Waals surface area contributed by atoms with E-state index in [1.54, 1.807) is 0 Å². The maximum absolute atomic E-state index is 12.0. The van der Waals surface area contributed by atoms with E-state index in [0.717, 1.165) is 6.42 Å². The third kappa shape index (κ3) is 5.74. The molecule has 0 saturated heterocycles. The van der Waals surface area contributed by atoms with Gasteiger partial charge in [-0.2, -0.15) is 0 Å². The van der Waals surface area contributed by atoms with E-state index in [4.69, 9.17) is 18.0 Å². The minimum atomic E-state index is -3.70. The van der Waals surface area contributed by atoms with Gasteiger partial charge in [0.2, 0.25) is 15.9 Å². The quantitative estimate of drug-likeness (QED) is 0.574. The van der Waals surface area contributed by atoms with Gasteiger partial charge in [-0.25, -0.2) is 13.1 Å². The first-order valence-corrected chi connectivity index (χ1v) is 8.28. The highest BCUT2D eigenvalue weighted by Crippen LogP contribution is 2.07. The Bertz CT molecular complexity index is 599. The lowest BCUT2D eigenvalue weighted by Gasteiger charge is -2.07. The van der Waals surface area contributed by atoms with E-state index < -0.39 is 10.0 Å². The zero-order valence-corrected chi connectivity index (χ0v) is 13.3. The number of pyridine rings is 1. The minimum Gasteiger partial charge on any atom is -0.388 e. The molecule has 7 nitrogen and oxygen atoms in total. The molecule has 116 valence electrons. The molecule has 1 aromatic heterocycles. The molecule has 0 aliphatic heterocycles. The van der Waals surface area contributed by atoms with Crippen LogP contribution in [0.3, 0.4) is 0 Å². The summed E-state index contributed by atoms with van der Waals surface area (Å²) in [6, 6.07) is 2.80. The van der Waals surface area contributed by atoms with Crippen molar-refractivity contribution in [3.63, 3.8) is 0 Å². The Morgan fingerprint density at radius 1 is 1.38 bits per heavy atom. The topological polar surface area (TPSA) is 114 Å².